The number of rotatable bonds is 4. The van der Waals surface area contributed by atoms with Crippen LogP contribution < -0.4 is 5.32 Å². The van der Waals surface area contributed by atoms with Gasteiger partial charge in [0, 0.05) is 11.1 Å². The van der Waals surface area contributed by atoms with E-state index in [1.54, 1.807) is 0 Å². The summed E-state index contributed by atoms with van der Waals surface area (Å²) in [6.45, 7) is 1.69. The summed E-state index contributed by atoms with van der Waals surface area (Å²) in [5.74, 6) is -0.517. The second-order valence-corrected chi connectivity index (χ2v) is 6.53. The summed E-state index contributed by atoms with van der Waals surface area (Å²) in [6, 6.07) is 3.04. The van der Waals surface area contributed by atoms with Crippen LogP contribution in [0.4, 0.5) is 4.39 Å². The van der Waals surface area contributed by atoms with E-state index in [2.05, 4.69) is 5.32 Å². The van der Waals surface area contributed by atoms with E-state index in [0.29, 0.717) is 16.6 Å². The van der Waals surface area contributed by atoms with E-state index in [0.717, 1.165) is 12.8 Å². The predicted octanol–water partition coefficient (Wildman–Crippen LogP) is 4.26. The van der Waals surface area contributed by atoms with Crippen molar-refractivity contribution in [1.29, 1.82) is 0 Å². The summed E-state index contributed by atoms with van der Waals surface area (Å²) in [7, 11) is 0. The molecule has 1 atom stereocenters. The number of nitrogens with one attached hydrogen (secondary N) is 1. The van der Waals surface area contributed by atoms with E-state index >= 15 is 0 Å². The molecule has 2 rings (SSSR count). The molecule has 2 N–H and O–H groups in total. The third-order valence-corrected chi connectivity index (χ3v) is 4.65. The number of hydrogen-bond acceptors (Lipinski definition) is 2. The lowest BCUT2D eigenvalue weighted by Gasteiger charge is -2.36. The van der Waals surface area contributed by atoms with Gasteiger partial charge in [0.15, 0.2) is 0 Å². The van der Waals surface area contributed by atoms with E-state index in [9.17, 15) is 9.50 Å². The first kappa shape index (κ1) is 16.0. The van der Waals surface area contributed by atoms with Gasteiger partial charge in [-0.3, -0.25) is 0 Å². The highest BCUT2D eigenvalue weighted by Crippen LogP contribution is 2.33. The van der Waals surface area contributed by atoms with Gasteiger partial charge in [-0.15, -0.1) is 0 Å². The smallest absolute Gasteiger partial charge is 0.142 e. The van der Waals surface area contributed by atoms with Gasteiger partial charge in [0.25, 0.3) is 0 Å². The zero-order chi connectivity index (χ0) is 14.8. The first-order chi connectivity index (χ1) is 9.46. The van der Waals surface area contributed by atoms with E-state index in [1.165, 1.54) is 31.4 Å². The van der Waals surface area contributed by atoms with E-state index < -0.39 is 11.4 Å². The topological polar surface area (TPSA) is 32.3 Å². The Balaban J connectivity index is 2.27. The van der Waals surface area contributed by atoms with Crippen molar-refractivity contribution >= 4 is 23.2 Å². The summed E-state index contributed by atoms with van der Waals surface area (Å²) in [4.78, 5) is 0. The molecule has 0 bridgehead atoms. The normalized spacial score (nSPS) is 19.9. The zero-order valence-corrected chi connectivity index (χ0v) is 13.1. The molecule has 1 fully saturated rings. The van der Waals surface area contributed by atoms with Crippen molar-refractivity contribution in [3.8, 4) is 0 Å². The summed E-state index contributed by atoms with van der Waals surface area (Å²) in [6.07, 6.45) is 5.76. The molecule has 0 amide bonds. The van der Waals surface area contributed by atoms with E-state index in [-0.39, 0.29) is 11.6 Å². The van der Waals surface area contributed by atoms with Crippen LogP contribution in [0.1, 0.15) is 44.6 Å². The highest BCUT2D eigenvalue weighted by Gasteiger charge is 2.32. The van der Waals surface area contributed by atoms with E-state index in [1.807, 2.05) is 6.92 Å². The number of hydrogen-bond donors (Lipinski definition) is 2. The maximum absolute atomic E-state index is 13.7. The molecular weight excluding hydrogens is 300 g/mol. The molecule has 0 aliphatic heterocycles. The molecule has 1 saturated carbocycles. The third kappa shape index (κ3) is 3.45. The standard InChI is InChI=1S/C15H20Cl2FNO/c1-15(9-20,19-10-5-3-2-4-6-10)11-7-14(18)13(17)8-12(11)16/h7-8,10,19-20H,2-6,9H2,1H3. The minimum absolute atomic E-state index is 0.00305. The molecule has 1 aliphatic carbocycles. The lowest BCUT2D eigenvalue weighted by Crippen LogP contribution is -2.49. The molecule has 1 aliphatic rings. The van der Waals surface area contributed by atoms with Crippen LogP contribution >= 0.6 is 23.2 Å². The third-order valence-electron chi connectivity index (χ3n) is 4.05. The Morgan fingerprint density at radius 1 is 1.25 bits per heavy atom. The molecule has 5 heteroatoms. The first-order valence-electron chi connectivity index (χ1n) is 7.00. The summed E-state index contributed by atoms with van der Waals surface area (Å²) < 4.78 is 13.7. The second kappa shape index (κ2) is 6.61. The fourth-order valence-corrected chi connectivity index (χ4v) is 3.44. The monoisotopic (exact) mass is 319 g/mol. The molecule has 0 saturated heterocycles. The van der Waals surface area contributed by atoms with Crippen LogP contribution in [0.5, 0.6) is 0 Å². The summed E-state index contributed by atoms with van der Waals surface area (Å²) in [5.41, 5.74) is -0.209. The SMILES string of the molecule is CC(CO)(NC1CCCCC1)c1cc(F)c(Cl)cc1Cl. The lowest BCUT2D eigenvalue weighted by atomic mass is 9.88. The maximum Gasteiger partial charge on any atom is 0.142 e. The van der Waals surface area contributed by atoms with Crippen LogP contribution in [-0.2, 0) is 5.54 Å². The van der Waals surface area contributed by atoms with Crippen molar-refractivity contribution in [3.63, 3.8) is 0 Å². The Morgan fingerprint density at radius 3 is 2.50 bits per heavy atom. The van der Waals surface area contributed by atoms with Crippen molar-refractivity contribution < 1.29 is 9.50 Å². The molecule has 0 heterocycles. The number of aliphatic hydroxyl groups is 1. The molecule has 1 aromatic carbocycles. The quantitative estimate of drug-likeness (QED) is 0.812. The molecule has 20 heavy (non-hydrogen) atoms. The maximum atomic E-state index is 13.7. The average molecular weight is 320 g/mol. The summed E-state index contributed by atoms with van der Waals surface area (Å²) >= 11 is 11.9. The van der Waals surface area contributed by atoms with Crippen LogP contribution in [0.25, 0.3) is 0 Å². The van der Waals surface area contributed by atoms with Crippen LogP contribution in [0.15, 0.2) is 12.1 Å². The summed E-state index contributed by atoms with van der Waals surface area (Å²) in [5, 5.41) is 13.6. The molecule has 2 nitrogen and oxygen atoms in total. The Hall–Kier alpha value is -0.350. The molecule has 1 unspecified atom stereocenters. The fraction of sp³-hybridized carbons (Fsp3) is 0.600. The number of halogens is 3. The Bertz CT molecular complexity index is 477. The van der Waals surface area contributed by atoms with Gasteiger partial charge in [-0.2, -0.15) is 0 Å². The first-order valence-corrected chi connectivity index (χ1v) is 7.75. The molecule has 112 valence electrons. The van der Waals surface area contributed by atoms with Crippen molar-refractivity contribution in [3.05, 3.63) is 33.6 Å². The van der Waals surface area contributed by atoms with Crippen LogP contribution in [0.2, 0.25) is 10.0 Å². The van der Waals surface area contributed by atoms with Crippen LogP contribution in [0.3, 0.4) is 0 Å². The Kier molecular flexibility index (Phi) is 5.30. The average Bonchev–Trinajstić information content (AvgIpc) is 2.43. The van der Waals surface area contributed by atoms with Gasteiger partial charge in [-0.05, 0) is 37.5 Å². The molecular formula is C15H20Cl2FNO. The number of benzene rings is 1. The van der Waals surface area contributed by atoms with Gasteiger partial charge in [0.1, 0.15) is 5.82 Å². The van der Waals surface area contributed by atoms with Crippen molar-refractivity contribution in [2.45, 2.75) is 50.6 Å². The van der Waals surface area contributed by atoms with Gasteiger partial charge in [0.2, 0.25) is 0 Å². The van der Waals surface area contributed by atoms with Crippen LogP contribution in [-0.4, -0.2) is 17.8 Å². The minimum atomic E-state index is -0.759. The van der Waals surface area contributed by atoms with Gasteiger partial charge in [-0.25, -0.2) is 4.39 Å². The molecule has 0 spiro atoms. The van der Waals surface area contributed by atoms with Gasteiger partial charge >= 0.3 is 0 Å². The van der Waals surface area contributed by atoms with Gasteiger partial charge in [-0.1, -0.05) is 42.5 Å². The highest BCUT2D eigenvalue weighted by molar-refractivity contribution is 6.35. The lowest BCUT2D eigenvalue weighted by molar-refractivity contribution is 0.150. The Morgan fingerprint density at radius 2 is 1.90 bits per heavy atom. The molecule has 0 aromatic heterocycles. The minimum Gasteiger partial charge on any atom is -0.394 e. The Labute approximate surface area is 129 Å². The second-order valence-electron chi connectivity index (χ2n) is 5.72. The van der Waals surface area contributed by atoms with Crippen molar-refractivity contribution in [2.24, 2.45) is 0 Å². The van der Waals surface area contributed by atoms with Crippen LogP contribution in [0, 0.1) is 5.82 Å². The fourth-order valence-electron chi connectivity index (χ4n) is 2.85. The van der Waals surface area contributed by atoms with Crippen molar-refractivity contribution in [1.82, 2.24) is 5.32 Å². The van der Waals surface area contributed by atoms with Gasteiger partial charge in [0.05, 0.1) is 17.2 Å². The zero-order valence-electron chi connectivity index (χ0n) is 11.6. The van der Waals surface area contributed by atoms with Crippen molar-refractivity contribution in [2.75, 3.05) is 6.61 Å². The molecule has 1 aromatic rings. The van der Waals surface area contributed by atoms with E-state index in [4.69, 9.17) is 23.2 Å². The van der Waals surface area contributed by atoms with Gasteiger partial charge < -0.3 is 10.4 Å². The number of aliphatic hydroxyl groups excluding tert-OH is 1. The largest absolute Gasteiger partial charge is 0.394 e. The highest BCUT2D eigenvalue weighted by atomic mass is 35.5. The predicted molar refractivity (Wildman–Crippen MR) is 80.9 cm³/mol. The molecule has 0 radical (unpaired) electrons.